The third-order valence-corrected chi connectivity index (χ3v) is 5.17. The van der Waals surface area contributed by atoms with Gasteiger partial charge in [-0.15, -0.1) is 24.8 Å². The fraction of sp³-hybridized carbons (Fsp3) is 0.632. The number of nitrogens with two attached hydrogens (primary N) is 1. The Hall–Kier alpha value is -0.810. The number of carbonyl (C=O) groups excluding carboxylic acids is 1. The Labute approximate surface area is 163 Å². The minimum absolute atomic E-state index is 0. The highest BCUT2D eigenvalue weighted by Gasteiger charge is 2.27. The van der Waals surface area contributed by atoms with Gasteiger partial charge in [0.05, 0.1) is 0 Å². The number of nitrogens with one attached hydrogen (secondary N) is 1. The molecule has 1 aliphatic heterocycles. The van der Waals surface area contributed by atoms with Crippen LogP contribution in [0.25, 0.3) is 0 Å². The summed E-state index contributed by atoms with van der Waals surface area (Å²) in [7, 11) is 0. The predicted octanol–water partition coefficient (Wildman–Crippen LogP) is 3.97. The molecule has 0 aromatic heterocycles. The minimum atomic E-state index is 0. The number of halogens is 2. The highest BCUT2D eigenvalue weighted by Crippen LogP contribution is 2.25. The lowest BCUT2D eigenvalue weighted by atomic mass is 10.1. The van der Waals surface area contributed by atoms with Gasteiger partial charge in [0, 0.05) is 24.2 Å². The SMILES string of the molecule is Cl.Cl.NC1CCC(C(=O)Nc2ccc(CN3CCCCCC3)cc2)C1. The van der Waals surface area contributed by atoms with Crippen LogP contribution < -0.4 is 11.1 Å². The van der Waals surface area contributed by atoms with Crippen molar-refractivity contribution < 1.29 is 4.79 Å². The normalized spacial score (nSPS) is 23.9. The summed E-state index contributed by atoms with van der Waals surface area (Å²) in [4.78, 5) is 14.8. The molecule has 25 heavy (non-hydrogen) atoms. The molecule has 0 spiro atoms. The Morgan fingerprint density at radius 3 is 2.24 bits per heavy atom. The van der Waals surface area contributed by atoms with E-state index in [1.807, 2.05) is 12.1 Å². The van der Waals surface area contributed by atoms with Gasteiger partial charge in [0.25, 0.3) is 0 Å². The van der Waals surface area contributed by atoms with Gasteiger partial charge in [0.1, 0.15) is 0 Å². The first-order valence-corrected chi connectivity index (χ1v) is 9.08. The number of benzene rings is 1. The summed E-state index contributed by atoms with van der Waals surface area (Å²) in [6, 6.07) is 8.53. The second-order valence-electron chi connectivity index (χ2n) is 7.15. The molecule has 6 heteroatoms. The molecule has 4 nitrogen and oxygen atoms in total. The van der Waals surface area contributed by atoms with Crippen LogP contribution in [0.1, 0.15) is 50.5 Å². The molecule has 1 aromatic carbocycles. The van der Waals surface area contributed by atoms with Crippen molar-refractivity contribution in [3.8, 4) is 0 Å². The summed E-state index contributed by atoms with van der Waals surface area (Å²) in [5.74, 6) is 0.208. The van der Waals surface area contributed by atoms with Crippen molar-refractivity contribution >= 4 is 36.4 Å². The summed E-state index contributed by atoms with van der Waals surface area (Å²) in [6.07, 6.45) is 8.07. The van der Waals surface area contributed by atoms with E-state index in [0.29, 0.717) is 0 Å². The van der Waals surface area contributed by atoms with Gasteiger partial charge in [-0.05, 0) is 62.9 Å². The molecule has 2 aliphatic rings. The van der Waals surface area contributed by atoms with E-state index in [4.69, 9.17) is 5.73 Å². The zero-order chi connectivity index (χ0) is 16.1. The number of anilines is 1. The smallest absolute Gasteiger partial charge is 0.227 e. The van der Waals surface area contributed by atoms with Gasteiger partial charge < -0.3 is 11.1 Å². The topological polar surface area (TPSA) is 58.4 Å². The second-order valence-corrected chi connectivity index (χ2v) is 7.15. The molecule has 0 radical (unpaired) electrons. The highest BCUT2D eigenvalue weighted by molar-refractivity contribution is 5.92. The van der Waals surface area contributed by atoms with Gasteiger partial charge in [-0.25, -0.2) is 0 Å². The third-order valence-electron chi connectivity index (χ3n) is 5.17. The van der Waals surface area contributed by atoms with Crippen LogP contribution in [0.3, 0.4) is 0 Å². The summed E-state index contributed by atoms with van der Waals surface area (Å²) in [6.45, 7) is 3.44. The Morgan fingerprint density at radius 1 is 1.04 bits per heavy atom. The number of hydrogen-bond acceptors (Lipinski definition) is 3. The van der Waals surface area contributed by atoms with Gasteiger partial charge in [0.15, 0.2) is 0 Å². The summed E-state index contributed by atoms with van der Waals surface area (Å²) in [5, 5.41) is 3.04. The Balaban J connectivity index is 0.00000156. The average molecular weight is 388 g/mol. The lowest BCUT2D eigenvalue weighted by molar-refractivity contribution is -0.119. The van der Waals surface area contributed by atoms with Crippen LogP contribution in [0.5, 0.6) is 0 Å². The number of carbonyl (C=O) groups is 1. The summed E-state index contributed by atoms with van der Waals surface area (Å²) >= 11 is 0. The third kappa shape index (κ3) is 6.78. The maximum atomic E-state index is 12.2. The van der Waals surface area contributed by atoms with Crippen LogP contribution in [0.2, 0.25) is 0 Å². The molecule has 0 bridgehead atoms. The molecular weight excluding hydrogens is 357 g/mol. The highest BCUT2D eigenvalue weighted by atomic mass is 35.5. The quantitative estimate of drug-likeness (QED) is 0.821. The zero-order valence-corrected chi connectivity index (χ0v) is 16.4. The van der Waals surface area contributed by atoms with E-state index >= 15 is 0 Å². The van der Waals surface area contributed by atoms with E-state index in [1.54, 1.807) is 0 Å². The minimum Gasteiger partial charge on any atom is -0.328 e. The zero-order valence-electron chi connectivity index (χ0n) is 14.8. The molecule has 1 saturated heterocycles. The Kier molecular flexibility index (Phi) is 9.80. The average Bonchev–Trinajstić information content (AvgIpc) is 2.82. The van der Waals surface area contributed by atoms with E-state index in [0.717, 1.165) is 31.5 Å². The summed E-state index contributed by atoms with van der Waals surface area (Å²) in [5.41, 5.74) is 8.12. The van der Waals surface area contributed by atoms with Crippen molar-refractivity contribution in [3.63, 3.8) is 0 Å². The fourth-order valence-corrected chi connectivity index (χ4v) is 3.74. The lowest BCUT2D eigenvalue weighted by Gasteiger charge is -2.20. The van der Waals surface area contributed by atoms with E-state index in [2.05, 4.69) is 22.3 Å². The van der Waals surface area contributed by atoms with Crippen LogP contribution in [-0.4, -0.2) is 29.9 Å². The van der Waals surface area contributed by atoms with Gasteiger partial charge in [0.2, 0.25) is 5.91 Å². The monoisotopic (exact) mass is 387 g/mol. The van der Waals surface area contributed by atoms with Crippen LogP contribution in [-0.2, 0) is 11.3 Å². The van der Waals surface area contributed by atoms with Crippen molar-refractivity contribution in [1.82, 2.24) is 4.90 Å². The van der Waals surface area contributed by atoms with Gasteiger partial charge in [-0.1, -0.05) is 25.0 Å². The van der Waals surface area contributed by atoms with E-state index in [-0.39, 0.29) is 42.7 Å². The van der Waals surface area contributed by atoms with E-state index < -0.39 is 0 Å². The predicted molar refractivity (Wildman–Crippen MR) is 109 cm³/mol. The lowest BCUT2D eigenvalue weighted by Crippen LogP contribution is -2.24. The first-order chi connectivity index (χ1) is 11.2. The molecule has 2 unspecified atom stereocenters. The van der Waals surface area contributed by atoms with Crippen LogP contribution in [0.4, 0.5) is 5.69 Å². The van der Waals surface area contributed by atoms with Crippen molar-refractivity contribution in [1.29, 1.82) is 0 Å². The second kappa shape index (κ2) is 11.0. The number of nitrogens with zero attached hydrogens (tertiary/aromatic N) is 1. The molecule has 3 N–H and O–H groups in total. The van der Waals surface area contributed by atoms with Crippen molar-refractivity contribution in [3.05, 3.63) is 29.8 Å². The molecule has 1 aliphatic carbocycles. The van der Waals surface area contributed by atoms with Crippen molar-refractivity contribution in [2.45, 2.75) is 57.5 Å². The van der Waals surface area contributed by atoms with Crippen LogP contribution >= 0.6 is 24.8 Å². The molecule has 142 valence electrons. The first kappa shape index (κ1) is 22.2. The largest absolute Gasteiger partial charge is 0.328 e. The standard InChI is InChI=1S/C19H29N3O.2ClH/c20-17-8-7-16(13-17)19(23)21-18-9-5-15(6-10-18)14-22-11-3-1-2-4-12-22;;/h5-6,9-10,16-17H,1-4,7-8,11-14,20H2,(H,21,23);2*1H. The fourth-order valence-electron chi connectivity index (χ4n) is 3.74. The summed E-state index contributed by atoms with van der Waals surface area (Å²) < 4.78 is 0. The van der Waals surface area contributed by atoms with Crippen molar-refractivity contribution in [2.75, 3.05) is 18.4 Å². The van der Waals surface area contributed by atoms with Crippen LogP contribution in [0.15, 0.2) is 24.3 Å². The van der Waals surface area contributed by atoms with Crippen molar-refractivity contribution in [2.24, 2.45) is 11.7 Å². The molecule has 1 aromatic rings. The molecule has 2 fully saturated rings. The first-order valence-electron chi connectivity index (χ1n) is 9.08. The van der Waals surface area contributed by atoms with Gasteiger partial charge >= 0.3 is 0 Å². The molecule has 1 saturated carbocycles. The number of hydrogen-bond donors (Lipinski definition) is 2. The maximum Gasteiger partial charge on any atom is 0.227 e. The van der Waals surface area contributed by atoms with E-state index in [9.17, 15) is 4.79 Å². The van der Waals surface area contributed by atoms with Gasteiger partial charge in [-0.3, -0.25) is 9.69 Å². The molecular formula is C19H31Cl2N3O. The number of likely N-dealkylation sites (tertiary alicyclic amines) is 1. The number of amides is 1. The Morgan fingerprint density at radius 2 is 1.68 bits per heavy atom. The maximum absolute atomic E-state index is 12.2. The molecule has 1 heterocycles. The molecule has 2 atom stereocenters. The molecule has 3 rings (SSSR count). The number of rotatable bonds is 4. The van der Waals surface area contributed by atoms with Crippen LogP contribution in [0, 0.1) is 5.92 Å². The molecule has 1 amide bonds. The van der Waals surface area contributed by atoms with E-state index in [1.165, 1.54) is 44.3 Å². The van der Waals surface area contributed by atoms with Gasteiger partial charge in [-0.2, -0.15) is 0 Å². The Bertz CT molecular complexity index is 516.